The van der Waals surface area contributed by atoms with Crippen molar-refractivity contribution in [3.8, 4) is 0 Å². The Morgan fingerprint density at radius 2 is 1.88 bits per heavy atom. The summed E-state index contributed by atoms with van der Waals surface area (Å²) in [6.45, 7) is 1.95. The van der Waals surface area contributed by atoms with E-state index in [0.717, 1.165) is 11.6 Å². The van der Waals surface area contributed by atoms with Crippen LogP contribution >= 0.6 is 0 Å². The first-order valence-corrected chi connectivity index (χ1v) is 11.4. The van der Waals surface area contributed by atoms with Crippen molar-refractivity contribution in [1.82, 2.24) is 10.3 Å². The summed E-state index contributed by atoms with van der Waals surface area (Å²) in [7, 11) is -7.69. The van der Waals surface area contributed by atoms with Crippen molar-refractivity contribution in [1.29, 1.82) is 0 Å². The van der Waals surface area contributed by atoms with Crippen LogP contribution in [0.1, 0.15) is 11.1 Å². The Bertz CT molecular complexity index is 1010. The zero-order valence-electron chi connectivity index (χ0n) is 14.1. The van der Waals surface area contributed by atoms with Gasteiger partial charge in [-0.05, 0) is 42.3 Å². The number of pyridine rings is 1. The van der Waals surface area contributed by atoms with Crippen LogP contribution in [-0.4, -0.2) is 44.6 Å². The predicted octanol–water partition coefficient (Wildman–Crippen LogP) is 1.26. The van der Waals surface area contributed by atoms with E-state index in [0.29, 0.717) is 12.1 Å². The number of hydrogen-bond acceptors (Lipinski definition) is 6. The molecule has 0 amide bonds. The van der Waals surface area contributed by atoms with Gasteiger partial charge < -0.3 is 5.32 Å². The lowest BCUT2D eigenvalue weighted by Gasteiger charge is -2.20. The third-order valence-electron chi connectivity index (χ3n) is 4.41. The highest BCUT2D eigenvalue weighted by atomic mass is 32.2. The number of halogens is 1. The minimum absolute atomic E-state index is 0.296. The van der Waals surface area contributed by atoms with Crippen molar-refractivity contribution in [2.24, 2.45) is 0 Å². The fraction of sp³-hybridized carbons (Fsp3) is 0.353. The number of nitrogens with zero attached hydrogens (tertiary/aromatic N) is 1. The predicted molar refractivity (Wildman–Crippen MR) is 95.6 cm³/mol. The number of nitrogens with one attached hydrogen (secondary N) is 1. The van der Waals surface area contributed by atoms with Crippen LogP contribution in [0.3, 0.4) is 0 Å². The number of aromatic nitrogens is 1. The van der Waals surface area contributed by atoms with E-state index < -0.39 is 47.4 Å². The van der Waals surface area contributed by atoms with E-state index in [4.69, 9.17) is 0 Å². The van der Waals surface area contributed by atoms with Gasteiger partial charge in [0.2, 0.25) is 0 Å². The molecule has 1 fully saturated rings. The molecule has 1 aromatic heterocycles. The number of hydrogen-bond donors (Lipinski definition) is 1. The smallest absolute Gasteiger partial charge is 0.186 e. The van der Waals surface area contributed by atoms with Crippen molar-refractivity contribution < 1.29 is 21.2 Å². The standard InChI is InChI=1S/C17H19FN2O4S2/c1-12-2-3-14(18)16(8-12)26(23,24)17-11-25(21,22)10-15(17)20-9-13-4-6-19-7-5-13/h2-8,15,17,20H,9-11H2,1H3/t15-,17-/m0/s1. The molecule has 0 bridgehead atoms. The van der Waals surface area contributed by atoms with Crippen LogP contribution in [0, 0.1) is 12.7 Å². The maximum absolute atomic E-state index is 14.1. The highest BCUT2D eigenvalue weighted by molar-refractivity contribution is 7.96. The van der Waals surface area contributed by atoms with E-state index in [1.807, 2.05) is 0 Å². The van der Waals surface area contributed by atoms with Crippen LogP contribution in [-0.2, 0) is 26.2 Å². The summed E-state index contributed by atoms with van der Waals surface area (Å²) < 4.78 is 64.2. The number of benzene rings is 1. The number of aryl methyl sites for hydroxylation is 1. The van der Waals surface area contributed by atoms with Crippen LogP contribution < -0.4 is 5.32 Å². The molecule has 3 rings (SSSR count). The summed E-state index contributed by atoms with van der Waals surface area (Å²) in [6.07, 6.45) is 3.19. The van der Waals surface area contributed by atoms with Crippen LogP contribution in [0.25, 0.3) is 0 Å². The topological polar surface area (TPSA) is 93.2 Å². The Labute approximate surface area is 152 Å². The van der Waals surface area contributed by atoms with Gasteiger partial charge in [-0.2, -0.15) is 0 Å². The molecule has 1 N–H and O–H groups in total. The molecule has 0 spiro atoms. The lowest BCUT2D eigenvalue weighted by Crippen LogP contribution is -2.43. The third-order valence-corrected chi connectivity index (χ3v) is 8.57. The summed E-state index contributed by atoms with van der Waals surface area (Å²) in [5, 5.41) is 1.77. The first-order valence-electron chi connectivity index (χ1n) is 8.02. The Morgan fingerprint density at radius 3 is 2.58 bits per heavy atom. The van der Waals surface area contributed by atoms with Crippen molar-refractivity contribution in [3.05, 3.63) is 59.7 Å². The van der Waals surface area contributed by atoms with Gasteiger partial charge >= 0.3 is 0 Å². The van der Waals surface area contributed by atoms with E-state index >= 15 is 0 Å². The lowest BCUT2D eigenvalue weighted by atomic mass is 10.2. The van der Waals surface area contributed by atoms with Crippen LogP contribution in [0.2, 0.25) is 0 Å². The summed E-state index contributed by atoms with van der Waals surface area (Å²) in [6, 6.07) is 6.50. The van der Waals surface area contributed by atoms with E-state index in [-0.39, 0.29) is 5.75 Å². The second-order valence-corrected chi connectivity index (χ2v) is 10.7. The molecule has 0 unspecified atom stereocenters. The average molecular weight is 398 g/mol. The molecular formula is C17H19FN2O4S2. The molecule has 26 heavy (non-hydrogen) atoms. The molecular weight excluding hydrogens is 379 g/mol. The average Bonchev–Trinajstić information content (AvgIpc) is 2.91. The Balaban J connectivity index is 1.91. The van der Waals surface area contributed by atoms with Gasteiger partial charge in [0.15, 0.2) is 19.7 Å². The van der Waals surface area contributed by atoms with Gasteiger partial charge in [-0.3, -0.25) is 4.98 Å². The second kappa shape index (κ2) is 7.05. The van der Waals surface area contributed by atoms with Gasteiger partial charge in [0, 0.05) is 25.0 Å². The maximum Gasteiger partial charge on any atom is 0.186 e. The summed E-state index contributed by atoms with van der Waals surface area (Å²) in [5.41, 5.74) is 1.44. The molecule has 2 heterocycles. The lowest BCUT2D eigenvalue weighted by molar-refractivity contribution is 0.518. The van der Waals surface area contributed by atoms with Gasteiger partial charge in [0.25, 0.3) is 0 Å². The zero-order valence-corrected chi connectivity index (χ0v) is 15.7. The molecule has 1 aromatic carbocycles. The first kappa shape index (κ1) is 18.9. The second-order valence-electron chi connectivity index (χ2n) is 6.44. The minimum Gasteiger partial charge on any atom is -0.308 e. The normalized spacial score (nSPS) is 22.4. The van der Waals surface area contributed by atoms with Crippen molar-refractivity contribution in [2.45, 2.75) is 29.7 Å². The van der Waals surface area contributed by atoms with Crippen LogP contribution in [0.4, 0.5) is 4.39 Å². The highest BCUT2D eigenvalue weighted by Gasteiger charge is 2.46. The monoisotopic (exact) mass is 398 g/mol. The molecule has 9 heteroatoms. The summed E-state index contributed by atoms with van der Waals surface area (Å²) in [4.78, 5) is 3.45. The maximum atomic E-state index is 14.1. The van der Waals surface area contributed by atoms with E-state index in [2.05, 4.69) is 10.3 Å². The van der Waals surface area contributed by atoms with Gasteiger partial charge in [0.05, 0.1) is 16.8 Å². The van der Waals surface area contributed by atoms with Crippen molar-refractivity contribution >= 4 is 19.7 Å². The van der Waals surface area contributed by atoms with Gasteiger partial charge in [-0.1, -0.05) is 6.07 Å². The molecule has 1 aliphatic rings. The number of sulfone groups is 2. The molecule has 0 saturated carbocycles. The first-order chi connectivity index (χ1) is 12.2. The third kappa shape index (κ3) is 3.94. The molecule has 0 radical (unpaired) electrons. The molecule has 140 valence electrons. The summed E-state index contributed by atoms with van der Waals surface area (Å²) in [5.74, 6) is -1.68. The van der Waals surface area contributed by atoms with Crippen molar-refractivity contribution in [2.75, 3.05) is 11.5 Å². The highest BCUT2D eigenvalue weighted by Crippen LogP contribution is 2.28. The van der Waals surface area contributed by atoms with Crippen LogP contribution in [0.15, 0.2) is 47.6 Å². The Kier molecular flexibility index (Phi) is 5.14. The molecule has 2 aromatic rings. The van der Waals surface area contributed by atoms with Gasteiger partial charge in [-0.25, -0.2) is 21.2 Å². The largest absolute Gasteiger partial charge is 0.308 e. The molecule has 1 aliphatic heterocycles. The van der Waals surface area contributed by atoms with Gasteiger partial charge in [0.1, 0.15) is 10.7 Å². The van der Waals surface area contributed by atoms with E-state index in [1.165, 1.54) is 12.1 Å². The molecule has 0 aliphatic carbocycles. The molecule has 6 nitrogen and oxygen atoms in total. The summed E-state index contributed by atoms with van der Waals surface area (Å²) >= 11 is 0. The quantitative estimate of drug-likeness (QED) is 0.815. The van der Waals surface area contributed by atoms with Crippen molar-refractivity contribution in [3.63, 3.8) is 0 Å². The van der Waals surface area contributed by atoms with E-state index in [1.54, 1.807) is 31.5 Å². The van der Waals surface area contributed by atoms with Crippen LogP contribution in [0.5, 0.6) is 0 Å². The van der Waals surface area contributed by atoms with Gasteiger partial charge in [-0.15, -0.1) is 0 Å². The fourth-order valence-electron chi connectivity index (χ4n) is 3.05. The fourth-order valence-corrected chi connectivity index (χ4v) is 7.92. The Hall–Kier alpha value is -1.84. The Morgan fingerprint density at radius 1 is 1.19 bits per heavy atom. The molecule has 2 atom stereocenters. The zero-order chi connectivity index (χ0) is 18.9. The SMILES string of the molecule is Cc1ccc(F)c(S(=O)(=O)[C@H]2CS(=O)(=O)C[C@@H]2NCc2ccncc2)c1. The molecule has 1 saturated heterocycles. The minimum atomic E-state index is -4.15. The number of rotatable bonds is 5. The van der Waals surface area contributed by atoms with E-state index in [9.17, 15) is 21.2 Å².